The molecule has 1 N–H and O–H groups in total. The van der Waals surface area contributed by atoms with Gasteiger partial charge in [0.25, 0.3) is 0 Å². The average Bonchev–Trinajstić information content (AvgIpc) is 2.72. The van der Waals surface area contributed by atoms with Crippen LogP contribution in [0.15, 0.2) is 0 Å². The van der Waals surface area contributed by atoms with E-state index in [1.54, 1.807) is 0 Å². The van der Waals surface area contributed by atoms with Crippen LogP contribution in [0.25, 0.3) is 0 Å². The van der Waals surface area contributed by atoms with E-state index >= 15 is 0 Å². The van der Waals surface area contributed by atoms with Gasteiger partial charge in [0.15, 0.2) is 0 Å². The van der Waals surface area contributed by atoms with Crippen molar-refractivity contribution in [3.8, 4) is 0 Å². The van der Waals surface area contributed by atoms with Gasteiger partial charge < -0.3 is 5.11 Å². The molecule has 0 aromatic heterocycles. The van der Waals surface area contributed by atoms with E-state index in [9.17, 15) is 9.90 Å². The number of hydrogen-bond acceptors (Lipinski definition) is 2. The van der Waals surface area contributed by atoms with Crippen LogP contribution in [0.4, 0.5) is 0 Å². The highest BCUT2D eigenvalue weighted by Gasteiger charge is 2.44. The van der Waals surface area contributed by atoms with Crippen molar-refractivity contribution in [3.05, 3.63) is 0 Å². The molecule has 1 fully saturated rings. The van der Waals surface area contributed by atoms with Crippen molar-refractivity contribution >= 4 is 5.97 Å². The maximum Gasteiger partial charge on any atom is 0.323 e. The molecule has 1 heterocycles. The molecule has 0 bridgehead atoms. The van der Waals surface area contributed by atoms with Crippen LogP contribution in [0.2, 0.25) is 0 Å². The number of carboxylic acid groups (broad SMARTS) is 1. The second-order valence-corrected chi connectivity index (χ2v) is 5.93. The number of carboxylic acids is 1. The van der Waals surface area contributed by atoms with E-state index < -0.39 is 11.5 Å². The predicted octanol–water partition coefficient (Wildman–Crippen LogP) is 3.67. The fourth-order valence-electron chi connectivity index (χ4n) is 3.12. The second kappa shape index (κ2) is 7.13. The van der Waals surface area contributed by atoms with Gasteiger partial charge in [0.1, 0.15) is 5.54 Å². The van der Waals surface area contributed by atoms with Gasteiger partial charge in [0, 0.05) is 6.04 Å². The van der Waals surface area contributed by atoms with Gasteiger partial charge in [-0.05, 0) is 39.7 Å². The number of aliphatic carboxylic acids is 1. The summed E-state index contributed by atoms with van der Waals surface area (Å²) in [7, 11) is 0. The molecule has 106 valence electrons. The molecule has 1 aliphatic heterocycles. The maximum atomic E-state index is 11.4. The Morgan fingerprint density at radius 2 is 2.00 bits per heavy atom. The molecule has 3 heteroatoms. The zero-order valence-electron chi connectivity index (χ0n) is 12.2. The third-order valence-corrected chi connectivity index (χ3v) is 4.41. The fraction of sp³-hybridized carbons (Fsp3) is 0.933. The quantitative estimate of drug-likeness (QED) is 0.673. The van der Waals surface area contributed by atoms with Crippen LogP contribution in [0.3, 0.4) is 0 Å². The lowest BCUT2D eigenvalue weighted by atomic mass is 9.96. The monoisotopic (exact) mass is 255 g/mol. The zero-order valence-corrected chi connectivity index (χ0v) is 12.2. The van der Waals surface area contributed by atoms with Crippen molar-refractivity contribution in [1.29, 1.82) is 0 Å². The molecule has 1 saturated heterocycles. The number of carbonyl (C=O) groups is 1. The summed E-state index contributed by atoms with van der Waals surface area (Å²) in [5.74, 6) is -0.655. The van der Waals surface area contributed by atoms with E-state index in [4.69, 9.17) is 0 Å². The molecular weight excluding hydrogens is 226 g/mol. The largest absolute Gasteiger partial charge is 0.480 e. The fourth-order valence-corrected chi connectivity index (χ4v) is 3.12. The molecule has 0 aromatic rings. The second-order valence-electron chi connectivity index (χ2n) is 5.93. The molecule has 0 aromatic carbocycles. The Hall–Kier alpha value is -0.570. The third kappa shape index (κ3) is 3.71. The maximum absolute atomic E-state index is 11.4. The van der Waals surface area contributed by atoms with Gasteiger partial charge in [0.2, 0.25) is 0 Å². The van der Waals surface area contributed by atoms with Crippen molar-refractivity contribution in [2.45, 2.75) is 83.7 Å². The number of likely N-dealkylation sites (tertiary alicyclic amines) is 1. The molecule has 0 spiro atoms. The van der Waals surface area contributed by atoms with Crippen LogP contribution in [0, 0.1) is 0 Å². The Balaban J connectivity index is 2.36. The Morgan fingerprint density at radius 1 is 1.33 bits per heavy atom. The van der Waals surface area contributed by atoms with Gasteiger partial charge >= 0.3 is 5.97 Å². The van der Waals surface area contributed by atoms with E-state index in [0.717, 1.165) is 25.8 Å². The summed E-state index contributed by atoms with van der Waals surface area (Å²) in [5.41, 5.74) is -0.622. The minimum atomic E-state index is -0.655. The van der Waals surface area contributed by atoms with E-state index in [1.165, 1.54) is 32.1 Å². The van der Waals surface area contributed by atoms with Crippen molar-refractivity contribution in [1.82, 2.24) is 4.90 Å². The van der Waals surface area contributed by atoms with Gasteiger partial charge in [-0.3, -0.25) is 9.69 Å². The highest BCUT2D eigenvalue weighted by molar-refractivity contribution is 5.78. The highest BCUT2D eigenvalue weighted by Crippen LogP contribution is 2.32. The number of rotatable bonds is 8. The van der Waals surface area contributed by atoms with Gasteiger partial charge in [-0.1, -0.05) is 39.0 Å². The zero-order chi connectivity index (χ0) is 13.6. The standard InChI is InChI=1S/C15H29NO2/c1-4-5-6-7-8-10-13(2)16-12-9-11-15(16,3)14(17)18/h13H,4-12H2,1-3H3,(H,17,18). The lowest BCUT2D eigenvalue weighted by Gasteiger charge is -2.36. The first kappa shape index (κ1) is 15.5. The summed E-state index contributed by atoms with van der Waals surface area (Å²) in [6.45, 7) is 7.24. The summed E-state index contributed by atoms with van der Waals surface area (Å²) in [6.07, 6.45) is 9.38. The average molecular weight is 255 g/mol. The Kier molecular flexibility index (Phi) is 6.13. The molecule has 0 radical (unpaired) electrons. The number of nitrogens with zero attached hydrogens (tertiary/aromatic N) is 1. The Bertz CT molecular complexity index is 267. The van der Waals surface area contributed by atoms with Gasteiger partial charge in [-0.2, -0.15) is 0 Å². The smallest absolute Gasteiger partial charge is 0.323 e. The highest BCUT2D eigenvalue weighted by atomic mass is 16.4. The number of unbranched alkanes of at least 4 members (excludes halogenated alkanes) is 4. The molecule has 1 aliphatic rings. The van der Waals surface area contributed by atoms with E-state index in [1.807, 2.05) is 6.92 Å². The molecule has 2 unspecified atom stereocenters. The molecule has 0 amide bonds. The Labute approximate surface area is 112 Å². The van der Waals surface area contributed by atoms with Crippen LogP contribution >= 0.6 is 0 Å². The lowest BCUT2D eigenvalue weighted by molar-refractivity contribution is -0.149. The molecule has 18 heavy (non-hydrogen) atoms. The molecular formula is C15H29NO2. The van der Waals surface area contributed by atoms with E-state index in [2.05, 4.69) is 18.7 Å². The number of hydrogen-bond donors (Lipinski definition) is 1. The topological polar surface area (TPSA) is 40.5 Å². The minimum Gasteiger partial charge on any atom is -0.480 e. The first-order chi connectivity index (χ1) is 8.52. The van der Waals surface area contributed by atoms with Gasteiger partial charge in [-0.25, -0.2) is 0 Å². The normalized spacial score (nSPS) is 26.4. The van der Waals surface area contributed by atoms with Crippen LogP contribution in [0.1, 0.15) is 72.1 Å². The SMILES string of the molecule is CCCCCCCC(C)N1CCCC1(C)C(=O)O. The summed E-state index contributed by atoms with van der Waals surface area (Å²) in [5, 5.41) is 9.39. The minimum absolute atomic E-state index is 0.398. The molecule has 0 aliphatic carbocycles. The first-order valence-corrected chi connectivity index (χ1v) is 7.52. The van der Waals surface area contributed by atoms with E-state index in [-0.39, 0.29) is 0 Å². The van der Waals surface area contributed by atoms with Crippen LogP contribution in [-0.2, 0) is 4.79 Å². The molecule has 0 saturated carbocycles. The van der Waals surface area contributed by atoms with Crippen molar-refractivity contribution in [2.75, 3.05) is 6.54 Å². The van der Waals surface area contributed by atoms with E-state index in [0.29, 0.717) is 6.04 Å². The molecule has 1 rings (SSSR count). The summed E-state index contributed by atoms with van der Waals surface area (Å²) < 4.78 is 0. The van der Waals surface area contributed by atoms with Gasteiger partial charge in [0.05, 0.1) is 0 Å². The predicted molar refractivity (Wildman–Crippen MR) is 74.8 cm³/mol. The van der Waals surface area contributed by atoms with Crippen molar-refractivity contribution < 1.29 is 9.90 Å². The van der Waals surface area contributed by atoms with Crippen LogP contribution in [0.5, 0.6) is 0 Å². The molecule has 2 atom stereocenters. The van der Waals surface area contributed by atoms with Crippen LogP contribution < -0.4 is 0 Å². The molecule has 3 nitrogen and oxygen atoms in total. The summed E-state index contributed by atoms with van der Waals surface area (Å²) in [6, 6.07) is 0.398. The third-order valence-electron chi connectivity index (χ3n) is 4.41. The summed E-state index contributed by atoms with van der Waals surface area (Å²) >= 11 is 0. The lowest BCUT2D eigenvalue weighted by Crippen LogP contribution is -2.51. The van der Waals surface area contributed by atoms with Crippen molar-refractivity contribution in [3.63, 3.8) is 0 Å². The van der Waals surface area contributed by atoms with Crippen LogP contribution in [-0.4, -0.2) is 34.1 Å². The Morgan fingerprint density at radius 3 is 2.61 bits per heavy atom. The first-order valence-electron chi connectivity index (χ1n) is 7.52. The van der Waals surface area contributed by atoms with Crippen molar-refractivity contribution in [2.24, 2.45) is 0 Å². The van der Waals surface area contributed by atoms with Gasteiger partial charge in [-0.15, -0.1) is 0 Å². The summed E-state index contributed by atoms with van der Waals surface area (Å²) in [4.78, 5) is 13.6.